The summed E-state index contributed by atoms with van der Waals surface area (Å²) in [5.74, 6) is 1.24. The highest BCUT2D eigenvalue weighted by Gasteiger charge is 2.46. The molecule has 0 saturated carbocycles. The molecular formula is C28H38O14. The third-order valence-electron chi connectivity index (χ3n) is 7.30. The average Bonchev–Trinajstić information content (AvgIpc) is 3.00. The summed E-state index contributed by atoms with van der Waals surface area (Å²) in [7, 11) is 2.91. The lowest BCUT2D eigenvalue weighted by Gasteiger charge is -2.39. The Morgan fingerprint density at radius 2 is 1.12 bits per heavy atom. The number of benzene rings is 2. The van der Waals surface area contributed by atoms with Gasteiger partial charge in [-0.1, -0.05) is 6.07 Å². The molecule has 0 spiro atoms. The highest BCUT2D eigenvalue weighted by molar-refractivity contribution is 5.44. The molecule has 0 amide bonds. The second kappa shape index (κ2) is 14.1. The monoisotopic (exact) mass is 598 g/mol. The maximum absolute atomic E-state index is 10.4. The van der Waals surface area contributed by atoms with Crippen molar-refractivity contribution in [2.45, 2.75) is 74.3 Å². The zero-order valence-corrected chi connectivity index (χ0v) is 23.1. The number of rotatable bonds is 11. The number of aliphatic hydroxyl groups is 8. The zero-order valence-electron chi connectivity index (χ0n) is 23.1. The Morgan fingerprint density at radius 1 is 0.571 bits per heavy atom. The summed E-state index contributed by atoms with van der Waals surface area (Å²) >= 11 is 0. The predicted molar refractivity (Wildman–Crippen MR) is 142 cm³/mol. The van der Waals surface area contributed by atoms with E-state index < -0.39 is 74.6 Å². The van der Waals surface area contributed by atoms with Crippen LogP contribution in [0.15, 0.2) is 36.4 Å². The first-order valence-corrected chi connectivity index (χ1v) is 13.4. The van der Waals surface area contributed by atoms with E-state index in [4.69, 9.17) is 28.4 Å². The summed E-state index contributed by atoms with van der Waals surface area (Å²) in [5.41, 5.74) is 1.58. The molecule has 14 heteroatoms. The minimum Gasteiger partial charge on any atom is -0.497 e. The van der Waals surface area contributed by atoms with Crippen LogP contribution in [0.4, 0.5) is 0 Å². The molecule has 8 N–H and O–H groups in total. The van der Waals surface area contributed by atoms with Gasteiger partial charge < -0.3 is 69.3 Å². The summed E-state index contributed by atoms with van der Waals surface area (Å²) in [4.78, 5) is 0. The van der Waals surface area contributed by atoms with Gasteiger partial charge in [0, 0.05) is 6.07 Å². The Morgan fingerprint density at radius 3 is 1.67 bits per heavy atom. The summed E-state index contributed by atoms with van der Waals surface area (Å²) in [6, 6.07) is 10.2. The van der Waals surface area contributed by atoms with Gasteiger partial charge in [0.1, 0.15) is 60.3 Å². The van der Waals surface area contributed by atoms with Crippen LogP contribution in [0, 0.1) is 0 Å². The molecular weight excluding hydrogens is 560 g/mol. The third-order valence-corrected chi connectivity index (χ3v) is 7.30. The van der Waals surface area contributed by atoms with E-state index in [1.807, 2.05) is 6.07 Å². The van der Waals surface area contributed by atoms with Crippen molar-refractivity contribution in [3.8, 4) is 23.0 Å². The minimum absolute atomic E-state index is 0.205. The lowest BCUT2D eigenvalue weighted by molar-refractivity contribution is -0.277. The number of aryl methyl sites for hydroxylation is 2. The summed E-state index contributed by atoms with van der Waals surface area (Å²) in [6.07, 6.45) is -13.4. The molecule has 2 saturated heterocycles. The van der Waals surface area contributed by atoms with Crippen molar-refractivity contribution in [3.05, 3.63) is 47.5 Å². The fourth-order valence-electron chi connectivity index (χ4n) is 4.81. The number of hydrogen-bond donors (Lipinski definition) is 8. The molecule has 0 bridgehead atoms. The van der Waals surface area contributed by atoms with Crippen LogP contribution in [0.1, 0.15) is 11.1 Å². The predicted octanol–water partition coefficient (Wildman–Crippen LogP) is -2.15. The van der Waals surface area contributed by atoms with Crippen LogP contribution in [0.2, 0.25) is 0 Å². The van der Waals surface area contributed by atoms with Crippen LogP contribution in [0.25, 0.3) is 0 Å². The topological polar surface area (TPSA) is 217 Å². The van der Waals surface area contributed by atoms with Gasteiger partial charge in [-0.25, -0.2) is 0 Å². The van der Waals surface area contributed by atoms with E-state index in [2.05, 4.69) is 0 Å². The van der Waals surface area contributed by atoms with Crippen LogP contribution in [0.5, 0.6) is 23.0 Å². The van der Waals surface area contributed by atoms with Crippen molar-refractivity contribution in [2.24, 2.45) is 0 Å². The molecule has 0 aliphatic carbocycles. The Bertz CT molecular complexity index is 1160. The maximum atomic E-state index is 10.4. The molecule has 0 aromatic heterocycles. The molecule has 2 aromatic carbocycles. The van der Waals surface area contributed by atoms with Crippen LogP contribution in [-0.2, 0) is 22.3 Å². The number of hydrogen-bond acceptors (Lipinski definition) is 14. The molecule has 14 nitrogen and oxygen atoms in total. The molecule has 10 atom stereocenters. The van der Waals surface area contributed by atoms with Crippen molar-refractivity contribution in [1.82, 2.24) is 0 Å². The smallest absolute Gasteiger partial charge is 0.229 e. The van der Waals surface area contributed by atoms with Crippen molar-refractivity contribution >= 4 is 0 Å². The van der Waals surface area contributed by atoms with Gasteiger partial charge in [-0.15, -0.1) is 0 Å². The second-order valence-electron chi connectivity index (χ2n) is 10.1. The lowest BCUT2D eigenvalue weighted by atomic mass is 9.99. The quantitative estimate of drug-likeness (QED) is 0.138. The molecule has 0 unspecified atom stereocenters. The van der Waals surface area contributed by atoms with Crippen LogP contribution in [-0.4, -0.2) is 130 Å². The van der Waals surface area contributed by atoms with Crippen molar-refractivity contribution in [3.63, 3.8) is 0 Å². The standard InChI is InChI=1S/C28H38O14/c1-37-15-7-14(8-16(10-15)39-27-25(35)23(33)21(31)19(11-29)41-27)4-3-13-5-6-17(38-2)18(9-13)40-28-26(36)24(34)22(32)20(12-30)42-28/h5-10,19-36H,3-4,11-12H2,1-2H3/t19-,20-,21-,22-,23+,24+,25-,26-,27-,28-/m1/s1. The van der Waals surface area contributed by atoms with Crippen molar-refractivity contribution < 1.29 is 69.3 Å². The molecule has 2 fully saturated rings. The molecule has 2 aromatic rings. The van der Waals surface area contributed by atoms with Gasteiger partial charge in [-0.05, 0) is 48.2 Å². The second-order valence-corrected chi connectivity index (χ2v) is 10.1. The van der Waals surface area contributed by atoms with Gasteiger partial charge in [0.05, 0.1) is 27.4 Å². The van der Waals surface area contributed by atoms with E-state index in [-0.39, 0.29) is 11.5 Å². The van der Waals surface area contributed by atoms with E-state index in [0.29, 0.717) is 24.3 Å². The van der Waals surface area contributed by atoms with Crippen LogP contribution >= 0.6 is 0 Å². The van der Waals surface area contributed by atoms with Crippen molar-refractivity contribution in [1.29, 1.82) is 0 Å². The fraction of sp³-hybridized carbons (Fsp3) is 0.571. The minimum atomic E-state index is -1.59. The van der Waals surface area contributed by atoms with Crippen molar-refractivity contribution in [2.75, 3.05) is 27.4 Å². The molecule has 42 heavy (non-hydrogen) atoms. The van der Waals surface area contributed by atoms with Gasteiger partial charge in [-0.2, -0.15) is 0 Å². The van der Waals surface area contributed by atoms with Gasteiger partial charge in [0.25, 0.3) is 0 Å². The molecule has 2 heterocycles. The zero-order chi connectivity index (χ0) is 30.6. The molecule has 2 aliphatic heterocycles. The van der Waals surface area contributed by atoms with Gasteiger partial charge >= 0.3 is 0 Å². The third kappa shape index (κ3) is 7.06. The number of methoxy groups -OCH3 is 2. The Balaban J connectivity index is 1.48. The average molecular weight is 599 g/mol. The summed E-state index contributed by atoms with van der Waals surface area (Å²) < 4.78 is 33.2. The summed E-state index contributed by atoms with van der Waals surface area (Å²) in [6.45, 7) is -1.18. The first kappa shape index (κ1) is 32.2. The first-order valence-electron chi connectivity index (χ1n) is 13.4. The lowest BCUT2D eigenvalue weighted by Crippen LogP contribution is -2.60. The Hall–Kier alpha value is -2.76. The summed E-state index contributed by atoms with van der Waals surface area (Å²) in [5, 5.41) is 79.8. The van der Waals surface area contributed by atoms with E-state index in [1.165, 1.54) is 14.2 Å². The van der Waals surface area contributed by atoms with Crippen LogP contribution in [0.3, 0.4) is 0 Å². The normalized spacial score (nSPS) is 33.2. The fourth-order valence-corrected chi connectivity index (χ4v) is 4.81. The van der Waals surface area contributed by atoms with Gasteiger partial charge in [0.15, 0.2) is 11.5 Å². The van der Waals surface area contributed by atoms with E-state index in [9.17, 15) is 40.9 Å². The highest BCUT2D eigenvalue weighted by atomic mass is 16.7. The number of ether oxygens (including phenoxy) is 6. The van der Waals surface area contributed by atoms with E-state index >= 15 is 0 Å². The maximum Gasteiger partial charge on any atom is 0.229 e. The molecule has 0 radical (unpaired) electrons. The number of aliphatic hydroxyl groups excluding tert-OH is 8. The van der Waals surface area contributed by atoms with E-state index in [1.54, 1.807) is 30.3 Å². The molecule has 234 valence electrons. The first-order chi connectivity index (χ1) is 20.1. The highest BCUT2D eigenvalue weighted by Crippen LogP contribution is 2.33. The Labute approximate surface area is 241 Å². The van der Waals surface area contributed by atoms with E-state index in [0.717, 1.165) is 11.1 Å². The SMILES string of the molecule is COc1cc(CCc2ccc(OC)c(O[C@@H]3O[C@H](CO)[C@@H](O)[C@H](O)[C@H]3O)c2)cc(O[C@@H]2O[C@H](CO)[C@@H](O)[C@H](O)[C@H]2O)c1. The molecule has 4 rings (SSSR count). The largest absolute Gasteiger partial charge is 0.497 e. The van der Waals surface area contributed by atoms with Gasteiger partial charge in [-0.3, -0.25) is 0 Å². The Kier molecular flexibility index (Phi) is 10.8. The van der Waals surface area contributed by atoms with Crippen LogP contribution < -0.4 is 18.9 Å². The van der Waals surface area contributed by atoms with Gasteiger partial charge in [0.2, 0.25) is 12.6 Å². The molecule has 2 aliphatic rings.